The van der Waals surface area contributed by atoms with Gasteiger partial charge in [-0.25, -0.2) is 4.98 Å². The molecule has 1 fully saturated rings. The maximum Gasteiger partial charge on any atom is 0.270 e. The monoisotopic (exact) mass is 394 g/mol. The SMILES string of the molecule is O=C(Nc1cccc(-c2csc(N3CCCC3)n2)c1)c1cccc([N+](=O)[O-])c1. The number of anilines is 2. The van der Waals surface area contributed by atoms with E-state index in [-0.39, 0.29) is 11.3 Å². The molecule has 7 nitrogen and oxygen atoms in total. The molecule has 1 aromatic heterocycles. The number of non-ortho nitro benzene ring substituents is 1. The van der Waals surface area contributed by atoms with Crippen LogP contribution in [0.2, 0.25) is 0 Å². The summed E-state index contributed by atoms with van der Waals surface area (Å²) >= 11 is 1.63. The van der Waals surface area contributed by atoms with Crippen LogP contribution in [0.1, 0.15) is 23.2 Å². The molecule has 1 N–H and O–H groups in total. The smallest absolute Gasteiger partial charge is 0.270 e. The van der Waals surface area contributed by atoms with Crippen LogP contribution in [0, 0.1) is 10.1 Å². The van der Waals surface area contributed by atoms with E-state index in [2.05, 4.69) is 10.2 Å². The molecule has 0 bridgehead atoms. The molecule has 1 saturated heterocycles. The van der Waals surface area contributed by atoms with Crippen LogP contribution in [0.25, 0.3) is 11.3 Å². The van der Waals surface area contributed by atoms with Crippen LogP contribution in [0.3, 0.4) is 0 Å². The third-order valence-electron chi connectivity index (χ3n) is 4.60. The summed E-state index contributed by atoms with van der Waals surface area (Å²) in [7, 11) is 0. The van der Waals surface area contributed by atoms with Gasteiger partial charge in [-0.1, -0.05) is 18.2 Å². The zero-order valence-corrected chi connectivity index (χ0v) is 15.8. The number of nitrogens with one attached hydrogen (secondary N) is 1. The molecule has 2 heterocycles. The van der Waals surface area contributed by atoms with E-state index in [0.29, 0.717) is 5.69 Å². The highest BCUT2D eigenvalue weighted by Crippen LogP contribution is 2.30. The molecule has 142 valence electrons. The normalized spacial score (nSPS) is 13.5. The number of carbonyl (C=O) groups excluding carboxylic acids is 1. The Balaban J connectivity index is 1.52. The van der Waals surface area contributed by atoms with Crippen molar-refractivity contribution in [1.82, 2.24) is 4.98 Å². The molecule has 1 amide bonds. The highest BCUT2D eigenvalue weighted by molar-refractivity contribution is 7.14. The Kier molecular flexibility index (Phi) is 5.03. The van der Waals surface area contributed by atoms with Gasteiger partial charge in [0.25, 0.3) is 11.6 Å². The first-order chi connectivity index (χ1) is 13.6. The summed E-state index contributed by atoms with van der Waals surface area (Å²) in [5.74, 6) is -0.392. The molecule has 1 aliphatic rings. The minimum Gasteiger partial charge on any atom is -0.348 e. The van der Waals surface area contributed by atoms with Crippen LogP contribution in [-0.4, -0.2) is 28.9 Å². The van der Waals surface area contributed by atoms with Crippen molar-refractivity contribution in [2.75, 3.05) is 23.3 Å². The summed E-state index contributed by atoms with van der Waals surface area (Å²) in [5.41, 5.74) is 2.53. The Morgan fingerprint density at radius 3 is 2.71 bits per heavy atom. The van der Waals surface area contributed by atoms with Crippen molar-refractivity contribution in [3.8, 4) is 11.3 Å². The topological polar surface area (TPSA) is 88.4 Å². The lowest BCUT2D eigenvalue weighted by atomic mass is 10.1. The van der Waals surface area contributed by atoms with Crippen LogP contribution < -0.4 is 10.2 Å². The zero-order valence-electron chi connectivity index (χ0n) is 15.0. The van der Waals surface area contributed by atoms with Crippen LogP contribution in [-0.2, 0) is 0 Å². The fourth-order valence-corrected chi connectivity index (χ4v) is 4.06. The van der Waals surface area contributed by atoms with E-state index in [1.807, 2.05) is 23.6 Å². The average molecular weight is 394 g/mol. The van der Waals surface area contributed by atoms with Gasteiger partial charge in [-0.15, -0.1) is 11.3 Å². The van der Waals surface area contributed by atoms with Crippen LogP contribution in [0.5, 0.6) is 0 Å². The van der Waals surface area contributed by atoms with Crippen LogP contribution >= 0.6 is 11.3 Å². The van der Waals surface area contributed by atoms with Gasteiger partial charge in [0.2, 0.25) is 0 Å². The van der Waals surface area contributed by atoms with Crippen molar-refractivity contribution in [3.05, 3.63) is 69.6 Å². The third-order valence-corrected chi connectivity index (χ3v) is 5.51. The van der Waals surface area contributed by atoms with Gasteiger partial charge in [0.1, 0.15) is 0 Å². The third kappa shape index (κ3) is 3.86. The number of nitrogens with zero attached hydrogens (tertiary/aromatic N) is 3. The van der Waals surface area contributed by atoms with Crippen molar-refractivity contribution in [1.29, 1.82) is 0 Å². The van der Waals surface area contributed by atoms with E-state index in [9.17, 15) is 14.9 Å². The van der Waals surface area contributed by atoms with Crippen molar-refractivity contribution in [2.45, 2.75) is 12.8 Å². The molecule has 2 aromatic carbocycles. The predicted octanol–water partition coefficient (Wildman–Crippen LogP) is 4.57. The van der Waals surface area contributed by atoms with Gasteiger partial charge in [0.05, 0.1) is 10.6 Å². The first-order valence-electron chi connectivity index (χ1n) is 8.97. The van der Waals surface area contributed by atoms with Gasteiger partial charge < -0.3 is 10.2 Å². The van der Waals surface area contributed by atoms with E-state index < -0.39 is 10.8 Å². The Bertz CT molecular complexity index is 1030. The lowest BCUT2D eigenvalue weighted by molar-refractivity contribution is -0.384. The summed E-state index contributed by atoms with van der Waals surface area (Å²) in [5, 5.41) is 16.7. The second kappa shape index (κ2) is 7.77. The molecule has 28 heavy (non-hydrogen) atoms. The van der Waals surface area contributed by atoms with E-state index in [4.69, 9.17) is 4.98 Å². The van der Waals surface area contributed by atoms with Gasteiger partial charge in [-0.3, -0.25) is 14.9 Å². The maximum absolute atomic E-state index is 12.5. The number of thiazole rings is 1. The fourth-order valence-electron chi connectivity index (χ4n) is 3.17. The van der Waals surface area contributed by atoms with E-state index >= 15 is 0 Å². The minimum atomic E-state index is -0.516. The summed E-state index contributed by atoms with van der Waals surface area (Å²) in [6.07, 6.45) is 2.40. The first kappa shape index (κ1) is 18.1. The molecule has 0 radical (unpaired) electrons. The highest BCUT2D eigenvalue weighted by atomic mass is 32.1. The Morgan fingerprint density at radius 2 is 1.93 bits per heavy atom. The average Bonchev–Trinajstić information content (AvgIpc) is 3.40. The molecule has 0 aliphatic carbocycles. The van der Waals surface area contributed by atoms with Crippen molar-refractivity contribution in [2.24, 2.45) is 0 Å². The second-order valence-corrected chi connectivity index (χ2v) is 7.39. The van der Waals surface area contributed by atoms with Crippen molar-refractivity contribution in [3.63, 3.8) is 0 Å². The van der Waals surface area contributed by atoms with Gasteiger partial charge in [0, 0.05) is 47.4 Å². The molecule has 0 spiro atoms. The Labute approximate surface area is 165 Å². The van der Waals surface area contributed by atoms with Crippen molar-refractivity contribution < 1.29 is 9.72 Å². The standard InChI is InChI=1S/C20H18N4O3S/c25-19(15-6-4-8-17(12-15)24(26)27)21-16-7-3-5-14(11-16)18-13-28-20(22-18)23-9-1-2-10-23/h3-8,11-13H,1-2,9-10H2,(H,21,25). The number of aromatic nitrogens is 1. The van der Waals surface area contributed by atoms with Crippen LogP contribution in [0.15, 0.2) is 53.9 Å². The van der Waals surface area contributed by atoms with Gasteiger partial charge in [0.15, 0.2) is 5.13 Å². The Hall–Kier alpha value is -3.26. The quantitative estimate of drug-likeness (QED) is 0.506. The molecular weight excluding hydrogens is 376 g/mol. The van der Waals surface area contributed by atoms with E-state index in [1.54, 1.807) is 23.5 Å². The Morgan fingerprint density at radius 1 is 1.14 bits per heavy atom. The number of hydrogen-bond acceptors (Lipinski definition) is 6. The van der Waals surface area contributed by atoms with Crippen LogP contribution in [0.4, 0.5) is 16.5 Å². The summed E-state index contributed by atoms with van der Waals surface area (Å²) in [4.78, 5) is 29.9. The lowest BCUT2D eigenvalue weighted by Gasteiger charge is -2.12. The largest absolute Gasteiger partial charge is 0.348 e. The van der Waals surface area contributed by atoms with Gasteiger partial charge >= 0.3 is 0 Å². The number of carbonyl (C=O) groups is 1. The number of nitro groups is 1. The second-order valence-electron chi connectivity index (χ2n) is 6.55. The molecule has 0 saturated carbocycles. The molecule has 0 unspecified atom stereocenters. The van der Waals surface area contributed by atoms with Crippen molar-refractivity contribution >= 4 is 33.8 Å². The van der Waals surface area contributed by atoms with Gasteiger partial charge in [-0.05, 0) is 31.0 Å². The highest BCUT2D eigenvalue weighted by Gasteiger charge is 2.16. The molecule has 0 atom stereocenters. The van der Waals surface area contributed by atoms with Gasteiger partial charge in [-0.2, -0.15) is 0 Å². The fraction of sp³-hybridized carbons (Fsp3) is 0.200. The molecule has 3 aromatic rings. The summed E-state index contributed by atoms with van der Waals surface area (Å²) in [6, 6.07) is 13.1. The number of rotatable bonds is 5. The van der Waals surface area contributed by atoms with E-state index in [0.717, 1.165) is 29.5 Å². The number of hydrogen-bond donors (Lipinski definition) is 1. The molecule has 4 rings (SSSR count). The zero-order chi connectivity index (χ0) is 19.5. The molecular formula is C20H18N4O3S. The number of amides is 1. The predicted molar refractivity (Wildman–Crippen MR) is 110 cm³/mol. The molecule has 8 heteroatoms. The summed E-state index contributed by atoms with van der Waals surface area (Å²) < 4.78 is 0. The molecule has 1 aliphatic heterocycles. The lowest BCUT2D eigenvalue weighted by Crippen LogP contribution is -2.17. The maximum atomic E-state index is 12.5. The first-order valence-corrected chi connectivity index (χ1v) is 9.85. The number of nitro benzene ring substituents is 1. The number of benzene rings is 2. The summed E-state index contributed by atoms with van der Waals surface area (Å²) in [6.45, 7) is 2.10. The van der Waals surface area contributed by atoms with E-state index in [1.165, 1.54) is 31.0 Å². The minimum absolute atomic E-state index is 0.113.